The van der Waals surface area contributed by atoms with Crippen LogP contribution in [0.2, 0.25) is 0 Å². The lowest BCUT2D eigenvalue weighted by molar-refractivity contribution is -0.167. The average molecular weight is 835 g/mol. The fourth-order valence-electron chi connectivity index (χ4n) is 7.99. The molecular formula is C53H102O6. The Morgan fingerprint density at radius 2 is 0.559 bits per heavy atom. The Hall–Kier alpha value is -1.59. The normalized spacial score (nSPS) is 12.1. The third kappa shape index (κ3) is 47.3. The molecule has 0 N–H and O–H groups in total. The second-order valence-corrected chi connectivity index (χ2v) is 19.1. The van der Waals surface area contributed by atoms with E-state index in [1.807, 2.05) is 0 Å². The Balaban J connectivity index is 4.24. The Labute approximate surface area is 368 Å². The summed E-state index contributed by atoms with van der Waals surface area (Å²) in [5.41, 5.74) is 0. The Kier molecular flexibility index (Phi) is 44.7. The van der Waals surface area contributed by atoms with Crippen LogP contribution >= 0.6 is 0 Å². The smallest absolute Gasteiger partial charge is 0.306 e. The van der Waals surface area contributed by atoms with E-state index in [9.17, 15) is 14.4 Å². The minimum Gasteiger partial charge on any atom is -0.462 e. The van der Waals surface area contributed by atoms with Crippen molar-refractivity contribution in [2.24, 2.45) is 11.8 Å². The Morgan fingerprint density at radius 1 is 0.322 bits per heavy atom. The van der Waals surface area contributed by atoms with Gasteiger partial charge in [0.05, 0.1) is 0 Å². The molecule has 0 amide bonds. The van der Waals surface area contributed by atoms with Gasteiger partial charge < -0.3 is 14.2 Å². The van der Waals surface area contributed by atoms with Gasteiger partial charge in [-0.1, -0.05) is 253 Å². The fourth-order valence-corrected chi connectivity index (χ4v) is 7.99. The molecule has 0 radical (unpaired) electrons. The Morgan fingerprint density at radius 3 is 0.831 bits per heavy atom. The van der Waals surface area contributed by atoms with E-state index in [-0.39, 0.29) is 31.1 Å². The second kappa shape index (κ2) is 45.9. The van der Waals surface area contributed by atoms with Gasteiger partial charge in [-0.25, -0.2) is 0 Å². The molecule has 0 aliphatic rings. The van der Waals surface area contributed by atoms with Crippen LogP contribution in [0, 0.1) is 11.8 Å². The SMILES string of the molecule is CCCCCCCCCCCCCCCCCCCCC(=O)OC[C@@H](COC(=O)CCCCCCCCC(C)C)OC(=O)CCCCCCCCCCCCCC(C)C. The summed E-state index contributed by atoms with van der Waals surface area (Å²) in [6, 6.07) is 0. The quantitative estimate of drug-likeness (QED) is 0.0345. The van der Waals surface area contributed by atoms with Crippen LogP contribution in [0.25, 0.3) is 0 Å². The molecule has 350 valence electrons. The molecule has 59 heavy (non-hydrogen) atoms. The number of rotatable bonds is 47. The van der Waals surface area contributed by atoms with E-state index < -0.39 is 6.10 Å². The predicted octanol–water partition coefficient (Wildman–Crippen LogP) is 16.9. The van der Waals surface area contributed by atoms with E-state index in [2.05, 4.69) is 34.6 Å². The van der Waals surface area contributed by atoms with E-state index in [4.69, 9.17) is 14.2 Å². The maximum absolute atomic E-state index is 12.8. The number of hydrogen-bond donors (Lipinski definition) is 0. The van der Waals surface area contributed by atoms with Gasteiger partial charge in [-0.05, 0) is 31.1 Å². The highest BCUT2D eigenvalue weighted by Gasteiger charge is 2.19. The molecule has 0 bridgehead atoms. The standard InChI is InChI=1S/C53H102O6/c1-6-7-8-9-10-11-12-13-14-15-16-17-18-21-24-27-33-38-43-51(54)57-46-50(47-58-52(55)44-39-34-30-29-32-37-42-49(4)5)59-53(56)45-40-35-28-25-22-19-20-23-26-31-36-41-48(2)3/h48-50H,6-47H2,1-5H3/t50-/m0/s1. The minimum absolute atomic E-state index is 0.0645. The molecule has 0 aliphatic heterocycles. The molecular weight excluding hydrogens is 733 g/mol. The minimum atomic E-state index is -0.762. The van der Waals surface area contributed by atoms with Crippen LogP contribution in [0.3, 0.4) is 0 Å². The summed E-state index contributed by atoms with van der Waals surface area (Å²) in [4.78, 5) is 37.9. The lowest BCUT2D eigenvalue weighted by Gasteiger charge is -2.18. The first kappa shape index (κ1) is 57.4. The molecule has 6 heteroatoms. The van der Waals surface area contributed by atoms with Gasteiger partial charge in [0.25, 0.3) is 0 Å². The summed E-state index contributed by atoms with van der Waals surface area (Å²) in [7, 11) is 0. The molecule has 0 spiro atoms. The van der Waals surface area contributed by atoms with Crippen LogP contribution in [-0.2, 0) is 28.6 Å². The zero-order chi connectivity index (χ0) is 43.3. The van der Waals surface area contributed by atoms with E-state index in [0.717, 1.165) is 69.6 Å². The van der Waals surface area contributed by atoms with Gasteiger partial charge >= 0.3 is 17.9 Å². The Bertz CT molecular complexity index is 900. The average Bonchev–Trinajstić information content (AvgIpc) is 3.20. The lowest BCUT2D eigenvalue weighted by Crippen LogP contribution is -2.30. The molecule has 0 aromatic rings. The van der Waals surface area contributed by atoms with Crippen LogP contribution in [-0.4, -0.2) is 37.2 Å². The first-order valence-corrected chi connectivity index (χ1v) is 26.2. The highest BCUT2D eigenvalue weighted by molar-refractivity contribution is 5.71. The number of carbonyl (C=O) groups excluding carboxylic acids is 3. The second-order valence-electron chi connectivity index (χ2n) is 19.1. The van der Waals surface area contributed by atoms with Gasteiger partial charge in [0.1, 0.15) is 13.2 Å². The van der Waals surface area contributed by atoms with Gasteiger partial charge in [-0.15, -0.1) is 0 Å². The molecule has 0 saturated carbocycles. The largest absolute Gasteiger partial charge is 0.462 e. The third-order valence-electron chi connectivity index (χ3n) is 12.0. The van der Waals surface area contributed by atoms with Crippen molar-refractivity contribution >= 4 is 17.9 Å². The zero-order valence-electron chi connectivity index (χ0n) is 40.4. The molecule has 0 rings (SSSR count). The molecule has 1 atom stereocenters. The van der Waals surface area contributed by atoms with E-state index in [1.54, 1.807) is 0 Å². The van der Waals surface area contributed by atoms with Crippen molar-refractivity contribution in [1.82, 2.24) is 0 Å². The highest BCUT2D eigenvalue weighted by atomic mass is 16.6. The highest BCUT2D eigenvalue weighted by Crippen LogP contribution is 2.17. The molecule has 6 nitrogen and oxygen atoms in total. The topological polar surface area (TPSA) is 78.9 Å². The van der Waals surface area contributed by atoms with Crippen LogP contribution in [0.1, 0.15) is 291 Å². The summed E-state index contributed by atoms with van der Waals surface area (Å²) < 4.78 is 16.8. The van der Waals surface area contributed by atoms with Crippen molar-refractivity contribution in [2.75, 3.05) is 13.2 Å². The van der Waals surface area contributed by atoms with Crippen molar-refractivity contribution in [1.29, 1.82) is 0 Å². The maximum atomic E-state index is 12.8. The predicted molar refractivity (Wildman–Crippen MR) is 252 cm³/mol. The van der Waals surface area contributed by atoms with Gasteiger partial charge in [0.15, 0.2) is 6.10 Å². The number of esters is 3. The summed E-state index contributed by atoms with van der Waals surface area (Å²) >= 11 is 0. The first-order valence-electron chi connectivity index (χ1n) is 26.2. The van der Waals surface area contributed by atoms with E-state index in [0.29, 0.717) is 19.3 Å². The van der Waals surface area contributed by atoms with Crippen molar-refractivity contribution in [3.05, 3.63) is 0 Å². The van der Waals surface area contributed by atoms with Crippen molar-refractivity contribution in [3.8, 4) is 0 Å². The zero-order valence-corrected chi connectivity index (χ0v) is 40.4. The summed E-state index contributed by atoms with van der Waals surface area (Å²) in [6.07, 6.45) is 46.8. The number of carbonyl (C=O) groups is 3. The van der Waals surface area contributed by atoms with Gasteiger partial charge in [0, 0.05) is 19.3 Å². The molecule has 0 heterocycles. The van der Waals surface area contributed by atoms with Gasteiger partial charge in [0.2, 0.25) is 0 Å². The number of unbranched alkanes of at least 4 members (excludes halogenated alkanes) is 32. The maximum Gasteiger partial charge on any atom is 0.306 e. The van der Waals surface area contributed by atoms with Gasteiger partial charge in [-0.2, -0.15) is 0 Å². The lowest BCUT2D eigenvalue weighted by atomic mass is 10.0. The monoisotopic (exact) mass is 835 g/mol. The summed E-state index contributed by atoms with van der Waals surface area (Å²) in [5.74, 6) is 0.735. The molecule has 0 aromatic carbocycles. The van der Waals surface area contributed by atoms with Crippen molar-refractivity contribution in [3.63, 3.8) is 0 Å². The molecule has 0 aliphatic carbocycles. The fraction of sp³-hybridized carbons (Fsp3) is 0.943. The van der Waals surface area contributed by atoms with Crippen LogP contribution in [0.4, 0.5) is 0 Å². The number of hydrogen-bond acceptors (Lipinski definition) is 6. The number of ether oxygens (including phenoxy) is 3. The van der Waals surface area contributed by atoms with Crippen molar-refractivity contribution < 1.29 is 28.6 Å². The molecule has 0 aromatic heterocycles. The van der Waals surface area contributed by atoms with E-state index in [1.165, 1.54) is 180 Å². The summed E-state index contributed by atoms with van der Waals surface area (Å²) in [6.45, 7) is 11.3. The van der Waals surface area contributed by atoms with Crippen LogP contribution < -0.4 is 0 Å². The van der Waals surface area contributed by atoms with Crippen LogP contribution in [0.15, 0.2) is 0 Å². The molecule has 0 fully saturated rings. The first-order chi connectivity index (χ1) is 28.7. The third-order valence-corrected chi connectivity index (χ3v) is 12.0. The summed E-state index contributed by atoms with van der Waals surface area (Å²) in [5, 5.41) is 0. The van der Waals surface area contributed by atoms with Gasteiger partial charge in [-0.3, -0.25) is 14.4 Å². The molecule has 0 unspecified atom stereocenters. The van der Waals surface area contributed by atoms with Crippen LogP contribution in [0.5, 0.6) is 0 Å². The van der Waals surface area contributed by atoms with E-state index >= 15 is 0 Å². The van der Waals surface area contributed by atoms with Crippen molar-refractivity contribution in [2.45, 2.75) is 298 Å². The molecule has 0 saturated heterocycles.